The summed E-state index contributed by atoms with van der Waals surface area (Å²) in [5, 5.41) is -0.542. The molecule has 0 spiro atoms. The molecule has 0 saturated carbocycles. The van der Waals surface area contributed by atoms with Crippen LogP contribution in [-0.4, -0.2) is 41.7 Å². The van der Waals surface area contributed by atoms with Gasteiger partial charge in [0.25, 0.3) is 0 Å². The normalized spacial score (nSPS) is 14.2. The van der Waals surface area contributed by atoms with Gasteiger partial charge in [0.1, 0.15) is 5.69 Å². The number of nitrogens with zero attached hydrogens (tertiary/aromatic N) is 1. The fourth-order valence-corrected chi connectivity index (χ4v) is 2.87. The van der Waals surface area contributed by atoms with Crippen LogP contribution < -0.4 is 0 Å². The number of fused-ring (bicyclic) bond motifs is 1. The number of pyridine rings is 1. The number of carbonyl (C=O) groups is 4. The Bertz CT molecular complexity index is 780. The van der Waals surface area contributed by atoms with Gasteiger partial charge in [0.05, 0.1) is 29.4 Å². The number of halogens is 1. The van der Waals surface area contributed by atoms with Gasteiger partial charge in [-0.2, -0.15) is 0 Å². The van der Waals surface area contributed by atoms with Crippen LogP contribution in [0.2, 0.25) is 0 Å². The van der Waals surface area contributed by atoms with Crippen molar-refractivity contribution in [2.75, 3.05) is 13.2 Å². The van der Waals surface area contributed by atoms with Crippen LogP contribution in [0.25, 0.3) is 0 Å². The average Bonchev–Trinajstić information content (AvgIpc) is 2.60. The van der Waals surface area contributed by atoms with E-state index >= 15 is 0 Å². The van der Waals surface area contributed by atoms with E-state index in [1.165, 1.54) is 18.3 Å². The van der Waals surface area contributed by atoms with E-state index in [0.717, 1.165) is 6.92 Å². The Labute approximate surface area is 149 Å². The Kier molecular flexibility index (Phi) is 5.37. The van der Waals surface area contributed by atoms with Gasteiger partial charge in [-0.1, -0.05) is 11.6 Å². The molecule has 1 aromatic rings. The van der Waals surface area contributed by atoms with Gasteiger partial charge in [0.15, 0.2) is 11.2 Å². The molecule has 0 aliphatic heterocycles. The summed E-state index contributed by atoms with van der Waals surface area (Å²) in [6, 6.07) is 2.84. The topological polar surface area (TPSA) is 99.6 Å². The standard InChI is InChI=1S/C17H16ClNO6/c1-4-24-15(22)17(3,16(23)25-5-2)10-11(18)14(21)12-9(13(10)20)7-6-8-19-12/h6-8H,4-5H2,1-3H3. The summed E-state index contributed by atoms with van der Waals surface area (Å²) in [5.41, 5.74) is -2.79. The summed E-state index contributed by atoms with van der Waals surface area (Å²) >= 11 is 6.08. The van der Waals surface area contributed by atoms with Crippen LogP contribution in [0.1, 0.15) is 41.6 Å². The smallest absolute Gasteiger partial charge is 0.327 e. The van der Waals surface area contributed by atoms with Crippen LogP contribution in [0.4, 0.5) is 0 Å². The maximum absolute atomic E-state index is 12.9. The van der Waals surface area contributed by atoms with E-state index in [1.807, 2.05) is 0 Å². The number of esters is 2. The number of Topliss-reactive ketones (excluding diaryl/α,β-unsaturated/α-hetero) is 2. The monoisotopic (exact) mass is 365 g/mol. The molecule has 1 aliphatic carbocycles. The molecule has 1 aromatic heterocycles. The van der Waals surface area contributed by atoms with Gasteiger partial charge in [0, 0.05) is 6.20 Å². The Balaban J connectivity index is 2.70. The van der Waals surface area contributed by atoms with Crippen molar-refractivity contribution in [1.29, 1.82) is 0 Å². The van der Waals surface area contributed by atoms with Crippen LogP contribution in [0, 0.1) is 5.41 Å². The lowest BCUT2D eigenvalue weighted by Gasteiger charge is -2.29. The highest BCUT2D eigenvalue weighted by Crippen LogP contribution is 2.40. The highest BCUT2D eigenvalue weighted by molar-refractivity contribution is 6.50. The third-order valence-corrected chi connectivity index (χ3v) is 4.14. The highest BCUT2D eigenvalue weighted by Gasteiger charge is 2.54. The molecule has 0 aromatic carbocycles. The van der Waals surface area contributed by atoms with Crippen LogP contribution >= 0.6 is 11.6 Å². The quantitative estimate of drug-likeness (QED) is 0.581. The molecule has 132 valence electrons. The van der Waals surface area contributed by atoms with Gasteiger partial charge in [0.2, 0.25) is 5.78 Å². The van der Waals surface area contributed by atoms with Gasteiger partial charge >= 0.3 is 11.9 Å². The van der Waals surface area contributed by atoms with E-state index < -0.39 is 39.5 Å². The summed E-state index contributed by atoms with van der Waals surface area (Å²) in [7, 11) is 0. The number of rotatable bonds is 5. The van der Waals surface area contributed by atoms with E-state index in [-0.39, 0.29) is 24.5 Å². The lowest BCUT2D eigenvalue weighted by atomic mass is 9.75. The first kappa shape index (κ1) is 18.8. The van der Waals surface area contributed by atoms with Crippen molar-refractivity contribution in [3.8, 4) is 0 Å². The molecule has 0 radical (unpaired) electrons. The predicted molar refractivity (Wildman–Crippen MR) is 87.2 cm³/mol. The second-order valence-corrected chi connectivity index (χ2v) is 5.69. The van der Waals surface area contributed by atoms with Crippen molar-refractivity contribution >= 4 is 35.1 Å². The molecule has 0 atom stereocenters. The number of carbonyl (C=O) groups excluding carboxylic acids is 4. The van der Waals surface area contributed by atoms with Crippen molar-refractivity contribution in [2.45, 2.75) is 20.8 Å². The molecule has 0 N–H and O–H groups in total. The largest absolute Gasteiger partial charge is 0.465 e. The molecule has 0 amide bonds. The third kappa shape index (κ3) is 2.95. The molecule has 8 heteroatoms. The van der Waals surface area contributed by atoms with Crippen molar-refractivity contribution in [3.63, 3.8) is 0 Å². The van der Waals surface area contributed by atoms with E-state index in [4.69, 9.17) is 21.1 Å². The summed E-state index contributed by atoms with van der Waals surface area (Å²) in [5.74, 6) is -3.52. The van der Waals surface area contributed by atoms with Crippen molar-refractivity contribution in [2.24, 2.45) is 5.41 Å². The zero-order valence-electron chi connectivity index (χ0n) is 13.9. The molecular formula is C17H16ClNO6. The van der Waals surface area contributed by atoms with Gasteiger partial charge in [-0.05, 0) is 32.9 Å². The Morgan fingerprint density at radius 3 is 2.20 bits per heavy atom. The van der Waals surface area contributed by atoms with E-state index in [2.05, 4.69) is 4.98 Å². The predicted octanol–water partition coefficient (Wildman–Crippen LogP) is 2.09. The second-order valence-electron chi connectivity index (χ2n) is 5.31. The minimum Gasteiger partial charge on any atom is -0.465 e. The Morgan fingerprint density at radius 1 is 1.12 bits per heavy atom. The minimum absolute atomic E-state index is 0.0288. The zero-order chi connectivity index (χ0) is 18.8. The molecule has 0 unspecified atom stereocenters. The first-order valence-corrected chi connectivity index (χ1v) is 7.97. The molecule has 0 fully saturated rings. The lowest BCUT2D eigenvalue weighted by molar-refractivity contribution is -0.167. The number of ketones is 2. The summed E-state index contributed by atoms with van der Waals surface area (Å²) in [6.45, 7) is 4.20. The first-order valence-electron chi connectivity index (χ1n) is 7.59. The number of allylic oxidation sites excluding steroid dienone is 1. The second kappa shape index (κ2) is 7.14. The first-order chi connectivity index (χ1) is 11.8. The third-order valence-electron chi connectivity index (χ3n) is 3.78. The average molecular weight is 366 g/mol. The Hall–Kier alpha value is -2.54. The number of hydrogen-bond acceptors (Lipinski definition) is 7. The van der Waals surface area contributed by atoms with Crippen molar-refractivity contribution in [1.82, 2.24) is 4.98 Å². The van der Waals surface area contributed by atoms with Crippen LogP contribution in [0.5, 0.6) is 0 Å². The highest BCUT2D eigenvalue weighted by atomic mass is 35.5. The molecule has 25 heavy (non-hydrogen) atoms. The summed E-state index contributed by atoms with van der Waals surface area (Å²) < 4.78 is 9.87. The maximum Gasteiger partial charge on any atom is 0.327 e. The van der Waals surface area contributed by atoms with E-state index in [1.54, 1.807) is 13.8 Å². The maximum atomic E-state index is 12.9. The summed E-state index contributed by atoms with van der Waals surface area (Å²) in [4.78, 5) is 54.2. The van der Waals surface area contributed by atoms with Gasteiger partial charge in [-0.15, -0.1) is 0 Å². The SMILES string of the molecule is CCOC(=O)C(C)(C(=O)OCC)C1=C(Cl)C(=O)c2ncccc2C1=O. The molecule has 7 nitrogen and oxygen atoms in total. The molecule has 1 aliphatic rings. The number of aromatic nitrogens is 1. The fraction of sp³-hybridized carbons (Fsp3) is 0.353. The number of hydrogen-bond donors (Lipinski definition) is 0. The van der Waals surface area contributed by atoms with Crippen LogP contribution in [0.15, 0.2) is 28.9 Å². The van der Waals surface area contributed by atoms with Crippen LogP contribution in [-0.2, 0) is 19.1 Å². The fourth-order valence-electron chi connectivity index (χ4n) is 2.51. The Morgan fingerprint density at radius 2 is 1.68 bits per heavy atom. The number of ether oxygens (including phenoxy) is 2. The zero-order valence-corrected chi connectivity index (χ0v) is 14.7. The molecule has 0 bridgehead atoms. The van der Waals surface area contributed by atoms with Gasteiger partial charge in [-0.3, -0.25) is 24.2 Å². The van der Waals surface area contributed by atoms with Crippen molar-refractivity contribution < 1.29 is 28.7 Å². The molecule has 1 heterocycles. The van der Waals surface area contributed by atoms with Crippen LogP contribution in [0.3, 0.4) is 0 Å². The molecule has 0 saturated heterocycles. The molecular weight excluding hydrogens is 350 g/mol. The molecule has 2 rings (SSSR count). The minimum atomic E-state index is -2.16. The van der Waals surface area contributed by atoms with E-state index in [9.17, 15) is 19.2 Å². The summed E-state index contributed by atoms with van der Waals surface area (Å²) in [6.07, 6.45) is 1.34. The van der Waals surface area contributed by atoms with Crippen molar-refractivity contribution in [3.05, 3.63) is 40.2 Å². The van der Waals surface area contributed by atoms with Gasteiger partial charge in [-0.25, -0.2) is 0 Å². The van der Waals surface area contributed by atoms with E-state index in [0.29, 0.717) is 0 Å². The lowest BCUT2D eigenvalue weighted by Crippen LogP contribution is -2.45. The van der Waals surface area contributed by atoms with Gasteiger partial charge < -0.3 is 9.47 Å².